The monoisotopic (exact) mass is 294 g/mol. The van der Waals surface area contributed by atoms with Gasteiger partial charge < -0.3 is 19.4 Å². The van der Waals surface area contributed by atoms with Crippen LogP contribution in [0.25, 0.3) is 0 Å². The third-order valence-corrected chi connectivity index (χ3v) is 2.30. The molecule has 0 heterocycles. The number of carboxylic acids is 1. The normalized spacial score (nSPS) is 9.81. The van der Waals surface area contributed by atoms with E-state index in [4.69, 9.17) is 14.6 Å². The second-order valence-corrected chi connectivity index (χ2v) is 4.27. The van der Waals surface area contributed by atoms with Crippen molar-refractivity contribution in [3.8, 4) is 11.5 Å². The van der Waals surface area contributed by atoms with Crippen LogP contribution in [0.15, 0.2) is 18.2 Å². The Labute approximate surface area is 120 Å². The number of ketones is 1. The van der Waals surface area contributed by atoms with Crippen LogP contribution < -0.4 is 9.47 Å². The molecule has 0 saturated carbocycles. The second-order valence-electron chi connectivity index (χ2n) is 4.27. The van der Waals surface area contributed by atoms with Crippen molar-refractivity contribution in [2.45, 2.75) is 26.7 Å². The first-order valence-electron chi connectivity index (χ1n) is 6.05. The Kier molecular flexibility index (Phi) is 5.59. The van der Waals surface area contributed by atoms with E-state index in [0.717, 1.165) is 19.1 Å². The van der Waals surface area contributed by atoms with Gasteiger partial charge in [-0.25, -0.2) is 4.79 Å². The maximum absolute atomic E-state index is 11.5. The quantitative estimate of drug-likeness (QED) is 0.627. The Hall–Kier alpha value is -2.70. The molecule has 1 aromatic carbocycles. The van der Waals surface area contributed by atoms with Crippen LogP contribution in [-0.2, 0) is 14.4 Å². The van der Waals surface area contributed by atoms with Gasteiger partial charge in [0.1, 0.15) is 17.3 Å². The number of carbonyl (C=O) groups is 4. The minimum absolute atomic E-state index is 0.0360. The van der Waals surface area contributed by atoms with Gasteiger partial charge in [-0.2, -0.15) is 0 Å². The fourth-order valence-electron chi connectivity index (χ4n) is 1.44. The van der Waals surface area contributed by atoms with Crippen LogP contribution in [0, 0.1) is 0 Å². The summed E-state index contributed by atoms with van der Waals surface area (Å²) in [5.41, 5.74) is -0.192. The van der Waals surface area contributed by atoms with Crippen LogP contribution in [0.5, 0.6) is 11.5 Å². The molecule has 1 rings (SSSR count). The van der Waals surface area contributed by atoms with Crippen molar-refractivity contribution in [3.63, 3.8) is 0 Å². The van der Waals surface area contributed by atoms with Gasteiger partial charge in [-0.15, -0.1) is 0 Å². The Bertz CT molecular complexity index is 589. The van der Waals surface area contributed by atoms with Gasteiger partial charge in [0.2, 0.25) is 0 Å². The number of Topliss-reactive ketones (excluding diaryl/α,β-unsaturated/α-hetero) is 1. The molecule has 0 unspecified atom stereocenters. The molecule has 0 bridgehead atoms. The zero-order chi connectivity index (χ0) is 16.0. The van der Waals surface area contributed by atoms with E-state index in [9.17, 15) is 19.2 Å². The van der Waals surface area contributed by atoms with Crippen molar-refractivity contribution in [3.05, 3.63) is 23.8 Å². The van der Waals surface area contributed by atoms with Gasteiger partial charge in [0.25, 0.3) is 0 Å². The van der Waals surface area contributed by atoms with Crippen LogP contribution >= 0.6 is 0 Å². The summed E-state index contributed by atoms with van der Waals surface area (Å²) < 4.78 is 9.71. The van der Waals surface area contributed by atoms with Crippen molar-refractivity contribution in [2.24, 2.45) is 0 Å². The molecule has 0 fully saturated rings. The molecule has 0 amide bonds. The molecule has 0 saturated heterocycles. The maximum atomic E-state index is 11.5. The molecular weight excluding hydrogens is 280 g/mol. The summed E-state index contributed by atoms with van der Waals surface area (Å²) in [6.45, 7) is 2.50. The lowest BCUT2D eigenvalue weighted by molar-refractivity contribution is -0.136. The van der Waals surface area contributed by atoms with Crippen LogP contribution in [-0.4, -0.2) is 28.8 Å². The molecule has 7 nitrogen and oxygen atoms in total. The van der Waals surface area contributed by atoms with Gasteiger partial charge in [0, 0.05) is 19.4 Å². The minimum atomic E-state index is -1.26. The third-order valence-electron chi connectivity index (χ3n) is 2.30. The summed E-state index contributed by atoms with van der Waals surface area (Å²) in [5, 5.41) is 8.95. The van der Waals surface area contributed by atoms with E-state index in [1.165, 1.54) is 13.0 Å². The highest BCUT2D eigenvalue weighted by atomic mass is 16.5. The first-order valence-corrected chi connectivity index (χ1v) is 6.05. The molecular formula is C14H14O7. The smallest absolute Gasteiger partial charge is 0.335 e. The number of aromatic carboxylic acids is 1. The van der Waals surface area contributed by atoms with Gasteiger partial charge in [-0.3, -0.25) is 9.59 Å². The van der Waals surface area contributed by atoms with Crippen molar-refractivity contribution in [1.82, 2.24) is 0 Å². The average molecular weight is 294 g/mol. The number of hydrogen-bond donors (Lipinski definition) is 1. The van der Waals surface area contributed by atoms with Crippen LogP contribution in [0.3, 0.4) is 0 Å². The largest absolute Gasteiger partial charge is 0.478 e. The number of rotatable bonds is 6. The number of hydrogen-bond acceptors (Lipinski definition) is 6. The van der Waals surface area contributed by atoms with E-state index in [2.05, 4.69) is 0 Å². The highest BCUT2D eigenvalue weighted by Crippen LogP contribution is 2.24. The van der Waals surface area contributed by atoms with E-state index in [0.29, 0.717) is 0 Å². The summed E-state index contributed by atoms with van der Waals surface area (Å²) in [4.78, 5) is 44.1. The molecule has 0 radical (unpaired) electrons. The summed E-state index contributed by atoms with van der Waals surface area (Å²) in [7, 11) is 0. The van der Waals surface area contributed by atoms with Gasteiger partial charge in [0.15, 0.2) is 0 Å². The molecule has 0 spiro atoms. The van der Waals surface area contributed by atoms with Crippen LogP contribution in [0.2, 0.25) is 0 Å². The predicted octanol–water partition coefficient (Wildman–Crippen LogP) is 1.58. The summed E-state index contributed by atoms with van der Waals surface area (Å²) in [6.07, 6.45) is -0.0796. The summed E-state index contributed by atoms with van der Waals surface area (Å²) in [5.74, 6) is -2.85. The molecule has 21 heavy (non-hydrogen) atoms. The lowest BCUT2D eigenvalue weighted by Gasteiger charge is -2.08. The summed E-state index contributed by atoms with van der Waals surface area (Å²) >= 11 is 0. The van der Waals surface area contributed by atoms with E-state index >= 15 is 0 Å². The number of esters is 2. The van der Waals surface area contributed by atoms with E-state index < -0.39 is 17.9 Å². The number of benzene rings is 1. The minimum Gasteiger partial charge on any atom is -0.478 e. The standard InChI is InChI=1S/C14H14O7/c1-8(15)3-4-13(17)21-12-6-10(14(18)19)5-11(7-12)20-9(2)16/h5-7H,3-4H2,1-2H3,(H,18,19). The number of carboxylic acid groups (broad SMARTS) is 1. The predicted molar refractivity (Wildman–Crippen MR) is 70.3 cm³/mol. The molecule has 0 aliphatic heterocycles. The number of ether oxygens (including phenoxy) is 2. The van der Waals surface area contributed by atoms with Crippen molar-refractivity contribution in [2.75, 3.05) is 0 Å². The molecule has 0 aliphatic rings. The average Bonchev–Trinajstić information content (AvgIpc) is 2.35. The van der Waals surface area contributed by atoms with Gasteiger partial charge in [-0.05, 0) is 19.1 Å². The zero-order valence-corrected chi connectivity index (χ0v) is 11.5. The SMILES string of the molecule is CC(=O)CCC(=O)Oc1cc(OC(C)=O)cc(C(=O)O)c1. The fraction of sp³-hybridized carbons (Fsp3) is 0.286. The second kappa shape index (κ2) is 7.18. The summed E-state index contributed by atoms with van der Waals surface area (Å²) in [6, 6.07) is 3.48. The molecule has 0 atom stereocenters. The maximum Gasteiger partial charge on any atom is 0.335 e. The van der Waals surface area contributed by atoms with E-state index in [1.54, 1.807) is 0 Å². The van der Waals surface area contributed by atoms with Crippen molar-refractivity contribution >= 4 is 23.7 Å². The Balaban J connectivity index is 2.92. The van der Waals surface area contributed by atoms with Crippen molar-refractivity contribution < 1.29 is 33.8 Å². The highest BCUT2D eigenvalue weighted by Gasteiger charge is 2.13. The first kappa shape index (κ1) is 16.4. The van der Waals surface area contributed by atoms with Crippen molar-refractivity contribution in [1.29, 1.82) is 0 Å². The lowest BCUT2D eigenvalue weighted by Crippen LogP contribution is -2.11. The first-order chi connectivity index (χ1) is 9.77. The van der Waals surface area contributed by atoms with Crippen LogP contribution in [0.4, 0.5) is 0 Å². The van der Waals surface area contributed by atoms with Gasteiger partial charge in [0.05, 0.1) is 12.0 Å². The Morgan fingerprint density at radius 3 is 2.00 bits per heavy atom. The molecule has 7 heteroatoms. The topological polar surface area (TPSA) is 107 Å². The van der Waals surface area contributed by atoms with E-state index in [-0.39, 0.29) is 35.7 Å². The van der Waals surface area contributed by atoms with Gasteiger partial charge in [-0.1, -0.05) is 0 Å². The lowest BCUT2D eigenvalue weighted by atomic mass is 10.2. The Morgan fingerprint density at radius 1 is 0.952 bits per heavy atom. The molecule has 0 aromatic heterocycles. The molecule has 0 aliphatic carbocycles. The Morgan fingerprint density at radius 2 is 1.52 bits per heavy atom. The molecule has 1 aromatic rings. The number of carbonyl (C=O) groups excluding carboxylic acids is 3. The fourth-order valence-corrected chi connectivity index (χ4v) is 1.44. The van der Waals surface area contributed by atoms with Crippen LogP contribution in [0.1, 0.15) is 37.0 Å². The molecule has 1 N–H and O–H groups in total. The molecule has 112 valence electrons. The highest BCUT2D eigenvalue weighted by molar-refractivity contribution is 5.89. The zero-order valence-electron chi connectivity index (χ0n) is 11.5. The van der Waals surface area contributed by atoms with Gasteiger partial charge >= 0.3 is 17.9 Å². The third kappa shape index (κ3) is 5.85. The van der Waals surface area contributed by atoms with E-state index in [1.807, 2.05) is 0 Å².